The molecule has 0 aliphatic heterocycles. The fourth-order valence-corrected chi connectivity index (χ4v) is 3.55. The Morgan fingerprint density at radius 3 is 2.80 bits per heavy atom. The molecule has 25 heavy (non-hydrogen) atoms. The van der Waals surface area contributed by atoms with Crippen molar-refractivity contribution in [3.05, 3.63) is 65.0 Å². The zero-order chi connectivity index (χ0) is 17.2. The molecule has 1 unspecified atom stereocenters. The van der Waals surface area contributed by atoms with Crippen LogP contribution in [0, 0.1) is 4.91 Å². The minimum absolute atomic E-state index is 0.0239. The van der Waals surface area contributed by atoms with Crippen molar-refractivity contribution < 1.29 is 5.11 Å². The molecule has 6 nitrogen and oxygen atoms in total. The van der Waals surface area contributed by atoms with Gasteiger partial charge in [-0.2, -0.15) is 10.0 Å². The Hall–Kier alpha value is -2.86. The molecule has 0 amide bonds. The molecule has 126 valence electrons. The van der Waals surface area contributed by atoms with Crippen LogP contribution in [-0.2, 0) is 13.0 Å². The van der Waals surface area contributed by atoms with E-state index < -0.39 is 0 Å². The fraction of sp³-hybridized carbons (Fsp3) is 0.263. The molecule has 1 aliphatic carbocycles. The Morgan fingerprint density at radius 1 is 1.20 bits per heavy atom. The van der Waals surface area contributed by atoms with Gasteiger partial charge in [-0.1, -0.05) is 23.4 Å². The van der Waals surface area contributed by atoms with Crippen LogP contribution in [0.25, 0.3) is 22.4 Å². The molecule has 6 heteroatoms. The summed E-state index contributed by atoms with van der Waals surface area (Å²) >= 11 is 0. The zero-order valence-corrected chi connectivity index (χ0v) is 13.7. The topological polar surface area (TPSA) is 80.4 Å². The molecule has 0 saturated heterocycles. The maximum Gasteiger partial charge on any atom is 0.117 e. The molecule has 4 rings (SSSR count). The Bertz CT molecular complexity index is 905. The van der Waals surface area contributed by atoms with Crippen molar-refractivity contribution >= 4 is 0 Å². The van der Waals surface area contributed by atoms with Gasteiger partial charge < -0.3 is 5.11 Å². The van der Waals surface area contributed by atoms with Crippen LogP contribution in [0.15, 0.2) is 54.1 Å². The van der Waals surface area contributed by atoms with E-state index in [2.05, 4.69) is 21.3 Å². The van der Waals surface area contributed by atoms with Crippen LogP contribution >= 0.6 is 0 Å². The highest BCUT2D eigenvalue weighted by Crippen LogP contribution is 2.38. The van der Waals surface area contributed by atoms with E-state index in [0.29, 0.717) is 6.54 Å². The summed E-state index contributed by atoms with van der Waals surface area (Å²) in [6.45, 7) is 0.454. The lowest BCUT2D eigenvalue weighted by atomic mass is 9.98. The number of pyridine rings is 1. The molecule has 1 atom stereocenters. The predicted molar refractivity (Wildman–Crippen MR) is 94.8 cm³/mol. The van der Waals surface area contributed by atoms with Gasteiger partial charge in [-0.3, -0.25) is 9.67 Å². The molecule has 1 aromatic carbocycles. The smallest absolute Gasteiger partial charge is 0.117 e. The fourth-order valence-electron chi connectivity index (χ4n) is 3.55. The lowest BCUT2D eigenvalue weighted by Crippen LogP contribution is -2.05. The van der Waals surface area contributed by atoms with E-state index in [1.54, 1.807) is 12.4 Å². The second-order valence-electron chi connectivity index (χ2n) is 6.16. The van der Waals surface area contributed by atoms with Gasteiger partial charge in [0.2, 0.25) is 0 Å². The monoisotopic (exact) mass is 334 g/mol. The lowest BCUT2D eigenvalue weighted by Gasteiger charge is -2.10. The van der Waals surface area contributed by atoms with Crippen LogP contribution < -0.4 is 0 Å². The predicted octanol–water partition coefficient (Wildman–Crippen LogP) is 3.36. The van der Waals surface area contributed by atoms with Gasteiger partial charge in [0.05, 0.1) is 25.0 Å². The number of aromatic nitrogens is 3. The van der Waals surface area contributed by atoms with Crippen LogP contribution in [0.1, 0.15) is 23.6 Å². The second kappa shape index (κ2) is 6.57. The van der Waals surface area contributed by atoms with Crippen molar-refractivity contribution in [3.63, 3.8) is 0 Å². The maximum atomic E-state index is 10.9. The summed E-state index contributed by atoms with van der Waals surface area (Å²) in [4.78, 5) is 15.0. The van der Waals surface area contributed by atoms with Crippen LogP contribution in [0.2, 0.25) is 0 Å². The third-order valence-electron chi connectivity index (χ3n) is 4.73. The molecular weight excluding hydrogens is 316 g/mol. The van der Waals surface area contributed by atoms with E-state index in [1.807, 2.05) is 35.1 Å². The van der Waals surface area contributed by atoms with Gasteiger partial charge in [0.1, 0.15) is 6.04 Å². The first kappa shape index (κ1) is 15.7. The largest absolute Gasteiger partial charge is 0.394 e. The van der Waals surface area contributed by atoms with E-state index in [1.165, 1.54) is 5.56 Å². The van der Waals surface area contributed by atoms with E-state index in [4.69, 9.17) is 0 Å². The first-order valence-electron chi connectivity index (χ1n) is 8.34. The number of nitroso groups, excluding NO2 is 1. The van der Waals surface area contributed by atoms with Gasteiger partial charge >= 0.3 is 0 Å². The van der Waals surface area contributed by atoms with Crippen molar-refractivity contribution in [2.45, 2.75) is 25.4 Å². The Morgan fingerprint density at radius 2 is 2.04 bits per heavy atom. The third-order valence-corrected chi connectivity index (χ3v) is 4.73. The number of rotatable bonds is 5. The standard InChI is InChI=1S/C19H18N4O2/c24-10-9-23-19(13-5-7-20-8-6-13)17(12-21-23)15-1-3-16-14(11-15)2-4-18(16)22-25/h1,3,5-8,11-12,18,24H,2,4,9-10H2. The second-order valence-corrected chi connectivity index (χ2v) is 6.16. The first-order valence-corrected chi connectivity index (χ1v) is 8.34. The number of nitrogens with zero attached hydrogens (tertiary/aromatic N) is 4. The molecule has 2 heterocycles. The van der Waals surface area contributed by atoms with E-state index in [0.717, 1.165) is 40.8 Å². The first-order chi connectivity index (χ1) is 12.3. The summed E-state index contributed by atoms with van der Waals surface area (Å²) in [5.41, 5.74) is 6.24. The number of hydrogen-bond donors (Lipinski definition) is 1. The summed E-state index contributed by atoms with van der Waals surface area (Å²) in [7, 11) is 0. The van der Waals surface area contributed by atoms with Crippen molar-refractivity contribution in [2.75, 3.05) is 6.61 Å². The average Bonchev–Trinajstić information content (AvgIpc) is 3.26. The SMILES string of the molecule is O=NC1CCc2cc(-c3cnn(CCO)c3-c3ccncc3)ccc21. The molecule has 0 fully saturated rings. The average molecular weight is 334 g/mol. The molecule has 1 aliphatic rings. The summed E-state index contributed by atoms with van der Waals surface area (Å²) in [6, 6.07) is 9.81. The number of aliphatic hydroxyl groups is 1. The maximum absolute atomic E-state index is 10.9. The molecule has 1 N–H and O–H groups in total. The summed E-state index contributed by atoms with van der Waals surface area (Å²) in [6.07, 6.45) is 6.98. The lowest BCUT2D eigenvalue weighted by molar-refractivity contribution is 0.270. The summed E-state index contributed by atoms with van der Waals surface area (Å²) < 4.78 is 1.81. The molecular formula is C19H18N4O2. The van der Waals surface area contributed by atoms with Crippen molar-refractivity contribution in [2.24, 2.45) is 5.18 Å². The minimum atomic E-state index is -0.221. The number of benzene rings is 1. The van der Waals surface area contributed by atoms with Crippen LogP contribution in [0.3, 0.4) is 0 Å². The minimum Gasteiger partial charge on any atom is -0.394 e. The molecule has 3 aromatic rings. The summed E-state index contributed by atoms with van der Waals surface area (Å²) in [5, 5.41) is 17.0. The molecule has 2 aromatic heterocycles. The number of fused-ring (bicyclic) bond motifs is 1. The Balaban J connectivity index is 1.83. The van der Waals surface area contributed by atoms with E-state index in [-0.39, 0.29) is 12.6 Å². The van der Waals surface area contributed by atoms with Crippen LogP contribution in [-0.4, -0.2) is 26.5 Å². The Kier molecular flexibility index (Phi) is 4.11. The van der Waals surface area contributed by atoms with Crippen molar-refractivity contribution in [1.29, 1.82) is 0 Å². The van der Waals surface area contributed by atoms with Crippen molar-refractivity contribution in [3.8, 4) is 22.4 Å². The number of aliphatic hydroxyl groups excluding tert-OH is 1. The van der Waals surface area contributed by atoms with Crippen molar-refractivity contribution in [1.82, 2.24) is 14.8 Å². The molecule has 0 radical (unpaired) electrons. The highest BCUT2D eigenvalue weighted by molar-refractivity contribution is 5.81. The zero-order valence-electron chi connectivity index (χ0n) is 13.7. The Labute approximate surface area is 145 Å². The van der Waals surface area contributed by atoms with E-state index in [9.17, 15) is 10.0 Å². The van der Waals surface area contributed by atoms with Gasteiger partial charge in [0.25, 0.3) is 0 Å². The quantitative estimate of drug-likeness (QED) is 0.726. The summed E-state index contributed by atoms with van der Waals surface area (Å²) in [5.74, 6) is 0. The van der Waals surface area contributed by atoms with Crippen LogP contribution in [0.4, 0.5) is 0 Å². The van der Waals surface area contributed by atoms with Crippen LogP contribution in [0.5, 0.6) is 0 Å². The van der Waals surface area contributed by atoms with Gasteiger partial charge in [-0.05, 0) is 41.7 Å². The van der Waals surface area contributed by atoms with Gasteiger partial charge in [0.15, 0.2) is 0 Å². The van der Waals surface area contributed by atoms with Gasteiger partial charge in [0, 0.05) is 23.5 Å². The molecule has 0 bridgehead atoms. The molecule has 0 saturated carbocycles. The number of hydrogen-bond acceptors (Lipinski definition) is 5. The van der Waals surface area contributed by atoms with Gasteiger partial charge in [-0.25, -0.2) is 0 Å². The highest BCUT2D eigenvalue weighted by atomic mass is 16.3. The van der Waals surface area contributed by atoms with Gasteiger partial charge in [-0.15, -0.1) is 0 Å². The highest BCUT2D eigenvalue weighted by Gasteiger charge is 2.24. The van der Waals surface area contributed by atoms with E-state index >= 15 is 0 Å². The molecule has 0 spiro atoms. The number of aryl methyl sites for hydroxylation is 1. The third kappa shape index (κ3) is 2.74. The normalized spacial score (nSPS) is 16.0.